The van der Waals surface area contributed by atoms with Crippen molar-refractivity contribution >= 4 is 28.2 Å². The summed E-state index contributed by atoms with van der Waals surface area (Å²) < 4.78 is 13.2. The molecule has 2 N–H and O–H groups in total. The Kier molecular flexibility index (Phi) is 4.37. The van der Waals surface area contributed by atoms with E-state index < -0.39 is 11.7 Å². The lowest BCUT2D eigenvalue weighted by molar-refractivity contribution is 0.0963. The standard InChI is InChI=1S/C15H15FN2O2S/c1-8-9(2)21-15(12(8)14(20)17-3)18-13(19)10-5-4-6-11(16)7-10/h4-7H,1-3H3,(H,17,20)(H,18,19). The highest BCUT2D eigenvalue weighted by atomic mass is 32.1. The largest absolute Gasteiger partial charge is 0.355 e. The maximum atomic E-state index is 13.2. The van der Waals surface area contributed by atoms with E-state index >= 15 is 0 Å². The number of hydrogen-bond acceptors (Lipinski definition) is 3. The fraction of sp³-hybridized carbons (Fsp3) is 0.200. The predicted octanol–water partition coefficient (Wildman–Crippen LogP) is 3.12. The van der Waals surface area contributed by atoms with E-state index in [4.69, 9.17) is 0 Å². The summed E-state index contributed by atoms with van der Waals surface area (Å²) in [6.45, 7) is 3.71. The minimum Gasteiger partial charge on any atom is -0.355 e. The fourth-order valence-electron chi connectivity index (χ4n) is 1.92. The molecule has 1 aromatic carbocycles. The van der Waals surface area contributed by atoms with Crippen molar-refractivity contribution in [3.05, 3.63) is 51.7 Å². The van der Waals surface area contributed by atoms with Crippen LogP contribution in [-0.4, -0.2) is 18.9 Å². The molecule has 0 aliphatic rings. The van der Waals surface area contributed by atoms with Gasteiger partial charge in [-0.05, 0) is 37.6 Å². The minimum atomic E-state index is -0.479. The van der Waals surface area contributed by atoms with Crippen molar-refractivity contribution in [1.82, 2.24) is 5.32 Å². The number of carbonyl (C=O) groups excluding carboxylic acids is 2. The first kappa shape index (κ1) is 15.2. The molecule has 21 heavy (non-hydrogen) atoms. The van der Waals surface area contributed by atoms with Gasteiger partial charge in [-0.15, -0.1) is 11.3 Å². The zero-order valence-corrected chi connectivity index (χ0v) is 12.7. The van der Waals surface area contributed by atoms with Crippen molar-refractivity contribution in [2.24, 2.45) is 0 Å². The highest BCUT2D eigenvalue weighted by Gasteiger charge is 2.20. The molecule has 0 bridgehead atoms. The highest BCUT2D eigenvalue weighted by Crippen LogP contribution is 2.32. The smallest absolute Gasteiger partial charge is 0.256 e. The second kappa shape index (κ2) is 6.05. The van der Waals surface area contributed by atoms with Crippen LogP contribution in [0.2, 0.25) is 0 Å². The molecule has 0 unspecified atom stereocenters. The third-order valence-electron chi connectivity index (χ3n) is 3.15. The lowest BCUT2D eigenvalue weighted by Crippen LogP contribution is -2.21. The predicted molar refractivity (Wildman–Crippen MR) is 81.5 cm³/mol. The summed E-state index contributed by atoms with van der Waals surface area (Å²) in [5.74, 6) is -1.18. The fourth-order valence-corrected chi connectivity index (χ4v) is 2.97. The van der Waals surface area contributed by atoms with E-state index in [9.17, 15) is 14.0 Å². The van der Waals surface area contributed by atoms with Crippen LogP contribution in [0.5, 0.6) is 0 Å². The van der Waals surface area contributed by atoms with Crippen LogP contribution in [0, 0.1) is 19.7 Å². The minimum absolute atomic E-state index is 0.210. The Labute approximate surface area is 126 Å². The van der Waals surface area contributed by atoms with Gasteiger partial charge in [0.15, 0.2) is 0 Å². The Hall–Kier alpha value is -2.21. The van der Waals surface area contributed by atoms with Gasteiger partial charge >= 0.3 is 0 Å². The topological polar surface area (TPSA) is 58.2 Å². The molecule has 0 saturated heterocycles. The van der Waals surface area contributed by atoms with Gasteiger partial charge in [0, 0.05) is 17.5 Å². The van der Waals surface area contributed by atoms with Crippen LogP contribution in [0.3, 0.4) is 0 Å². The normalized spacial score (nSPS) is 10.3. The van der Waals surface area contributed by atoms with Gasteiger partial charge in [0.05, 0.1) is 5.56 Å². The van der Waals surface area contributed by atoms with Crippen LogP contribution in [-0.2, 0) is 0 Å². The number of anilines is 1. The van der Waals surface area contributed by atoms with Crippen LogP contribution in [0.15, 0.2) is 24.3 Å². The first-order chi connectivity index (χ1) is 9.93. The molecular weight excluding hydrogens is 291 g/mol. The molecule has 0 aliphatic heterocycles. The lowest BCUT2D eigenvalue weighted by atomic mass is 10.1. The summed E-state index contributed by atoms with van der Waals surface area (Å²) in [5, 5.41) is 5.71. The molecular formula is C15H15FN2O2S. The van der Waals surface area contributed by atoms with Gasteiger partial charge in [-0.3, -0.25) is 9.59 Å². The number of thiophene rings is 1. The van der Waals surface area contributed by atoms with Crippen molar-refractivity contribution in [3.63, 3.8) is 0 Å². The average molecular weight is 306 g/mol. The molecule has 0 radical (unpaired) electrons. The lowest BCUT2D eigenvalue weighted by Gasteiger charge is -2.06. The van der Waals surface area contributed by atoms with Crippen LogP contribution < -0.4 is 10.6 Å². The molecule has 0 atom stereocenters. The molecule has 1 aromatic heterocycles. The highest BCUT2D eigenvalue weighted by molar-refractivity contribution is 7.16. The number of rotatable bonds is 3. The average Bonchev–Trinajstić information content (AvgIpc) is 2.73. The zero-order chi connectivity index (χ0) is 15.6. The molecule has 2 aromatic rings. The summed E-state index contributed by atoms with van der Waals surface area (Å²) >= 11 is 1.33. The molecule has 0 aliphatic carbocycles. The van der Waals surface area contributed by atoms with Gasteiger partial charge in [-0.1, -0.05) is 6.07 Å². The summed E-state index contributed by atoms with van der Waals surface area (Å²) in [5.41, 5.74) is 1.49. The number of hydrogen-bond donors (Lipinski definition) is 2. The van der Waals surface area contributed by atoms with Crippen molar-refractivity contribution in [1.29, 1.82) is 0 Å². The zero-order valence-electron chi connectivity index (χ0n) is 11.9. The molecule has 6 heteroatoms. The molecule has 0 spiro atoms. The number of halogens is 1. The molecule has 0 saturated carbocycles. The van der Waals surface area contributed by atoms with Gasteiger partial charge in [-0.25, -0.2) is 4.39 Å². The molecule has 2 amide bonds. The van der Waals surface area contributed by atoms with Gasteiger partial charge in [0.25, 0.3) is 11.8 Å². The van der Waals surface area contributed by atoms with Crippen LogP contribution in [0.4, 0.5) is 9.39 Å². The van der Waals surface area contributed by atoms with E-state index in [1.165, 1.54) is 36.6 Å². The summed E-state index contributed by atoms with van der Waals surface area (Å²) in [6.07, 6.45) is 0. The maximum absolute atomic E-state index is 13.2. The third kappa shape index (κ3) is 3.11. The number of carbonyl (C=O) groups is 2. The third-order valence-corrected chi connectivity index (χ3v) is 4.28. The molecule has 0 fully saturated rings. The molecule has 110 valence electrons. The first-order valence-electron chi connectivity index (χ1n) is 6.33. The second-order valence-electron chi connectivity index (χ2n) is 4.53. The Balaban J connectivity index is 2.34. The Morgan fingerprint density at radius 2 is 1.90 bits per heavy atom. The maximum Gasteiger partial charge on any atom is 0.256 e. The van der Waals surface area contributed by atoms with Gasteiger partial charge in [-0.2, -0.15) is 0 Å². The van der Waals surface area contributed by atoms with Crippen LogP contribution in [0.25, 0.3) is 0 Å². The Morgan fingerprint density at radius 1 is 1.19 bits per heavy atom. The SMILES string of the molecule is CNC(=O)c1c(NC(=O)c2cccc(F)c2)sc(C)c1C. The van der Waals surface area contributed by atoms with Crippen molar-refractivity contribution in [3.8, 4) is 0 Å². The van der Waals surface area contributed by atoms with Crippen LogP contribution >= 0.6 is 11.3 Å². The van der Waals surface area contributed by atoms with Gasteiger partial charge in [0.2, 0.25) is 0 Å². The summed E-state index contributed by atoms with van der Waals surface area (Å²) in [7, 11) is 1.53. The number of nitrogens with one attached hydrogen (secondary N) is 2. The van der Waals surface area contributed by atoms with E-state index in [0.29, 0.717) is 10.6 Å². The first-order valence-corrected chi connectivity index (χ1v) is 7.14. The van der Waals surface area contributed by atoms with E-state index in [2.05, 4.69) is 10.6 Å². The van der Waals surface area contributed by atoms with Crippen molar-refractivity contribution < 1.29 is 14.0 Å². The second-order valence-corrected chi connectivity index (χ2v) is 5.76. The van der Waals surface area contributed by atoms with E-state index in [0.717, 1.165) is 16.5 Å². The van der Waals surface area contributed by atoms with Crippen molar-refractivity contribution in [2.45, 2.75) is 13.8 Å². The van der Waals surface area contributed by atoms with E-state index in [1.807, 2.05) is 13.8 Å². The van der Waals surface area contributed by atoms with Gasteiger partial charge in [0.1, 0.15) is 10.8 Å². The quantitative estimate of drug-likeness (QED) is 0.915. The monoisotopic (exact) mass is 306 g/mol. The van der Waals surface area contributed by atoms with E-state index in [-0.39, 0.29) is 11.5 Å². The van der Waals surface area contributed by atoms with Gasteiger partial charge < -0.3 is 10.6 Å². The van der Waals surface area contributed by atoms with Crippen LogP contribution in [0.1, 0.15) is 31.2 Å². The van der Waals surface area contributed by atoms with E-state index in [1.54, 1.807) is 0 Å². The number of aryl methyl sites for hydroxylation is 1. The molecule has 1 heterocycles. The summed E-state index contributed by atoms with van der Waals surface area (Å²) in [6, 6.07) is 5.41. The Bertz CT molecular complexity index is 710. The Morgan fingerprint density at radius 3 is 2.52 bits per heavy atom. The number of amides is 2. The summed E-state index contributed by atoms with van der Waals surface area (Å²) in [4.78, 5) is 25.0. The number of benzene rings is 1. The van der Waals surface area contributed by atoms with Crippen molar-refractivity contribution in [2.75, 3.05) is 12.4 Å². The molecule has 4 nitrogen and oxygen atoms in total. The molecule has 2 rings (SSSR count).